The number of halogens is 1. The normalized spacial score (nSPS) is 11.6. The number of hydrogen-bond donors (Lipinski definition) is 1. The van der Waals surface area contributed by atoms with Crippen LogP contribution in [-0.4, -0.2) is 13.0 Å². The molecule has 0 saturated carbocycles. The van der Waals surface area contributed by atoms with Gasteiger partial charge in [0.2, 0.25) is 0 Å². The van der Waals surface area contributed by atoms with E-state index >= 15 is 0 Å². The molecule has 150 valence electrons. The molecule has 1 amide bonds. The number of rotatable bonds is 7. The van der Waals surface area contributed by atoms with Gasteiger partial charge in [0.05, 0.1) is 13.2 Å². The first-order valence-electron chi connectivity index (χ1n) is 9.39. The van der Waals surface area contributed by atoms with E-state index in [0.717, 1.165) is 22.4 Å². The van der Waals surface area contributed by atoms with Crippen LogP contribution in [0.25, 0.3) is 0 Å². The van der Waals surface area contributed by atoms with Crippen LogP contribution in [-0.2, 0) is 6.61 Å². The molecule has 3 aromatic rings. The Hall–Kier alpha value is -3.34. The average molecular weight is 393 g/mol. The van der Waals surface area contributed by atoms with E-state index in [1.165, 1.54) is 12.1 Å². The first-order chi connectivity index (χ1) is 14.0. The summed E-state index contributed by atoms with van der Waals surface area (Å²) >= 11 is 0. The lowest BCUT2D eigenvalue weighted by Gasteiger charge is -2.16. The van der Waals surface area contributed by atoms with Crippen molar-refractivity contribution in [1.82, 2.24) is 5.32 Å². The Morgan fingerprint density at radius 3 is 2.45 bits per heavy atom. The molecule has 1 atom stereocenters. The summed E-state index contributed by atoms with van der Waals surface area (Å²) in [5.41, 5.74) is 3.14. The quantitative estimate of drug-likeness (QED) is 0.599. The van der Waals surface area contributed by atoms with Crippen LogP contribution in [0.15, 0.2) is 66.7 Å². The number of carbonyl (C=O) groups excluding carboxylic acids is 1. The number of ether oxygens (including phenoxy) is 2. The second-order valence-electron chi connectivity index (χ2n) is 6.83. The maximum atomic E-state index is 13.1. The molecule has 0 heterocycles. The van der Waals surface area contributed by atoms with Crippen molar-refractivity contribution in [2.75, 3.05) is 7.11 Å². The van der Waals surface area contributed by atoms with E-state index < -0.39 is 0 Å². The average Bonchev–Trinajstić information content (AvgIpc) is 2.73. The molecule has 4 nitrogen and oxygen atoms in total. The molecule has 0 fully saturated rings. The van der Waals surface area contributed by atoms with Gasteiger partial charge in [-0.15, -0.1) is 0 Å². The molecular weight excluding hydrogens is 369 g/mol. The van der Waals surface area contributed by atoms with Gasteiger partial charge >= 0.3 is 0 Å². The number of amides is 1. The van der Waals surface area contributed by atoms with Gasteiger partial charge in [0.15, 0.2) is 0 Å². The molecule has 0 aliphatic heterocycles. The van der Waals surface area contributed by atoms with Gasteiger partial charge < -0.3 is 14.8 Å². The van der Waals surface area contributed by atoms with Gasteiger partial charge in [-0.25, -0.2) is 4.39 Å². The molecule has 3 rings (SSSR count). The molecular formula is C24H24FNO3. The van der Waals surface area contributed by atoms with Crippen molar-refractivity contribution in [3.05, 3.63) is 94.8 Å². The van der Waals surface area contributed by atoms with E-state index in [4.69, 9.17) is 9.47 Å². The van der Waals surface area contributed by atoms with Gasteiger partial charge in [-0.2, -0.15) is 0 Å². The summed E-state index contributed by atoms with van der Waals surface area (Å²) in [4.78, 5) is 12.7. The van der Waals surface area contributed by atoms with E-state index in [1.54, 1.807) is 37.4 Å². The lowest BCUT2D eigenvalue weighted by Crippen LogP contribution is -2.26. The van der Waals surface area contributed by atoms with Gasteiger partial charge in [-0.3, -0.25) is 4.79 Å². The highest BCUT2D eigenvalue weighted by Gasteiger charge is 2.14. The van der Waals surface area contributed by atoms with Crippen LogP contribution in [0.2, 0.25) is 0 Å². The van der Waals surface area contributed by atoms with Gasteiger partial charge in [0.25, 0.3) is 5.91 Å². The fraction of sp³-hybridized carbons (Fsp3) is 0.208. The zero-order chi connectivity index (χ0) is 20.8. The Morgan fingerprint density at radius 2 is 1.76 bits per heavy atom. The molecule has 0 radical (unpaired) electrons. The summed E-state index contributed by atoms with van der Waals surface area (Å²) in [6, 6.07) is 18.8. The van der Waals surface area contributed by atoms with E-state index in [-0.39, 0.29) is 24.4 Å². The fourth-order valence-corrected chi connectivity index (χ4v) is 3.02. The maximum Gasteiger partial charge on any atom is 0.251 e. The van der Waals surface area contributed by atoms with Crippen molar-refractivity contribution >= 4 is 5.91 Å². The van der Waals surface area contributed by atoms with Crippen molar-refractivity contribution < 1.29 is 18.7 Å². The number of nitrogens with one attached hydrogen (secondary N) is 1. The molecule has 29 heavy (non-hydrogen) atoms. The van der Waals surface area contributed by atoms with Crippen molar-refractivity contribution in [2.24, 2.45) is 0 Å². The molecule has 0 unspecified atom stereocenters. The number of para-hydroxylation sites is 1. The van der Waals surface area contributed by atoms with E-state index in [0.29, 0.717) is 11.3 Å². The third-order valence-corrected chi connectivity index (χ3v) is 4.74. The third-order valence-electron chi connectivity index (χ3n) is 4.74. The lowest BCUT2D eigenvalue weighted by atomic mass is 10.1. The standard InChI is InChI=1S/C24H24FNO3/c1-16-6-4-5-7-22(16)29-15-20-14-19(10-13-23(20)28-3)24(27)26-17(2)18-8-11-21(25)12-9-18/h4-14,17H,15H2,1-3H3,(H,26,27)/t17-/m0/s1. The highest BCUT2D eigenvalue weighted by Crippen LogP contribution is 2.24. The molecule has 0 bridgehead atoms. The van der Waals surface area contributed by atoms with Crippen LogP contribution in [0.3, 0.4) is 0 Å². The fourth-order valence-electron chi connectivity index (χ4n) is 3.02. The van der Waals surface area contributed by atoms with Crippen LogP contribution in [0.1, 0.15) is 40.0 Å². The number of hydrogen-bond acceptors (Lipinski definition) is 3. The molecule has 5 heteroatoms. The molecule has 1 N–H and O–H groups in total. The first kappa shape index (κ1) is 20.4. The van der Waals surface area contributed by atoms with E-state index in [2.05, 4.69) is 5.32 Å². The van der Waals surface area contributed by atoms with E-state index in [1.807, 2.05) is 38.1 Å². The van der Waals surface area contributed by atoms with Crippen LogP contribution >= 0.6 is 0 Å². The summed E-state index contributed by atoms with van der Waals surface area (Å²) in [7, 11) is 1.59. The monoisotopic (exact) mass is 393 g/mol. The Kier molecular flexibility index (Phi) is 6.50. The van der Waals surface area contributed by atoms with Crippen molar-refractivity contribution in [1.29, 1.82) is 0 Å². The van der Waals surface area contributed by atoms with Gasteiger partial charge in [-0.1, -0.05) is 30.3 Å². The number of benzene rings is 3. The predicted molar refractivity (Wildman–Crippen MR) is 111 cm³/mol. The summed E-state index contributed by atoms with van der Waals surface area (Å²) < 4.78 is 24.4. The minimum absolute atomic E-state index is 0.221. The topological polar surface area (TPSA) is 47.6 Å². The Bertz CT molecular complexity index is 986. The number of aryl methyl sites for hydroxylation is 1. The number of carbonyl (C=O) groups is 1. The Balaban J connectivity index is 1.73. The van der Waals surface area contributed by atoms with Gasteiger partial charge in [-0.05, 0) is 61.4 Å². The molecule has 0 aromatic heterocycles. The third kappa shape index (κ3) is 5.13. The summed E-state index contributed by atoms with van der Waals surface area (Å²) in [6.07, 6.45) is 0. The summed E-state index contributed by atoms with van der Waals surface area (Å²) in [5, 5.41) is 2.94. The second-order valence-corrected chi connectivity index (χ2v) is 6.83. The minimum Gasteiger partial charge on any atom is -0.496 e. The van der Waals surface area contributed by atoms with Crippen molar-refractivity contribution in [2.45, 2.75) is 26.5 Å². The van der Waals surface area contributed by atoms with Gasteiger partial charge in [0, 0.05) is 11.1 Å². The smallest absolute Gasteiger partial charge is 0.251 e. The van der Waals surface area contributed by atoms with Crippen LogP contribution in [0.4, 0.5) is 4.39 Å². The van der Waals surface area contributed by atoms with Crippen molar-refractivity contribution in [3.8, 4) is 11.5 Å². The molecule has 0 aliphatic rings. The second kappa shape index (κ2) is 9.24. The summed E-state index contributed by atoms with van der Waals surface area (Å²) in [6.45, 7) is 4.12. The number of methoxy groups -OCH3 is 1. The first-order valence-corrected chi connectivity index (χ1v) is 9.39. The zero-order valence-corrected chi connectivity index (χ0v) is 16.7. The van der Waals surface area contributed by atoms with Crippen LogP contribution < -0.4 is 14.8 Å². The molecule has 3 aromatic carbocycles. The Labute approximate surface area is 170 Å². The lowest BCUT2D eigenvalue weighted by molar-refractivity contribution is 0.0939. The molecule has 0 aliphatic carbocycles. The SMILES string of the molecule is COc1ccc(C(=O)N[C@@H](C)c2ccc(F)cc2)cc1COc1ccccc1C. The maximum absolute atomic E-state index is 13.1. The highest BCUT2D eigenvalue weighted by molar-refractivity contribution is 5.94. The van der Waals surface area contributed by atoms with Crippen molar-refractivity contribution in [3.63, 3.8) is 0 Å². The minimum atomic E-state index is -0.305. The van der Waals surface area contributed by atoms with Crippen LogP contribution in [0, 0.1) is 12.7 Å². The molecule has 0 spiro atoms. The zero-order valence-electron chi connectivity index (χ0n) is 16.7. The van der Waals surface area contributed by atoms with Gasteiger partial charge in [0.1, 0.15) is 23.9 Å². The highest BCUT2D eigenvalue weighted by atomic mass is 19.1. The van der Waals surface area contributed by atoms with Crippen LogP contribution in [0.5, 0.6) is 11.5 Å². The molecule has 0 saturated heterocycles. The predicted octanol–water partition coefficient (Wildman–Crippen LogP) is 5.21. The summed E-state index contributed by atoms with van der Waals surface area (Å²) in [5.74, 6) is 0.915. The Morgan fingerprint density at radius 1 is 1.03 bits per heavy atom. The largest absolute Gasteiger partial charge is 0.496 e. The van der Waals surface area contributed by atoms with E-state index in [9.17, 15) is 9.18 Å².